The van der Waals surface area contributed by atoms with Gasteiger partial charge in [0.15, 0.2) is 0 Å². The highest BCUT2D eigenvalue weighted by molar-refractivity contribution is 7.90. The van der Waals surface area contributed by atoms with E-state index in [0.29, 0.717) is 24.9 Å². The van der Waals surface area contributed by atoms with Gasteiger partial charge in [0.1, 0.15) is 5.82 Å². The average molecular weight is 324 g/mol. The summed E-state index contributed by atoms with van der Waals surface area (Å²) in [7, 11) is -3.02. The smallest absolute Gasteiger partial charge is 0.217 e. The molecule has 120 valence electrons. The zero-order valence-electron chi connectivity index (χ0n) is 12.5. The van der Waals surface area contributed by atoms with Crippen LogP contribution in [0.3, 0.4) is 0 Å². The minimum Gasteiger partial charge on any atom is -0.298 e. The van der Waals surface area contributed by atoms with E-state index < -0.39 is 10.0 Å². The van der Waals surface area contributed by atoms with Gasteiger partial charge in [-0.3, -0.25) is 4.90 Å². The zero-order chi connectivity index (χ0) is 15.3. The van der Waals surface area contributed by atoms with Crippen LogP contribution in [0, 0.1) is 17.7 Å². The fourth-order valence-electron chi connectivity index (χ4n) is 3.85. The van der Waals surface area contributed by atoms with Crippen LogP contribution in [0.2, 0.25) is 0 Å². The highest BCUT2D eigenvalue weighted by Crippen LogP contribution is 2.38. The normalized spacial score (nSPS) is 29.9. The molecule has 2 saturated heterocycles. The van der Waals surface area contributed by atoms with Gasteiger partial charge in [0.2, 0.25) is 10.0 Å². The van der Waals surface area contributed by atoms with Crippen LogP contribution in [0.25, 0.3) is 0 Å². The van der Waals surface area contributed by atoms with Crippen molar-refractivity contribution in [3.8, 4) is 0 Å². The molecule has 3 fully saturated rings. The first-order valence-electron chi connectivity index (χ1n) is 7.98. The molecule has 3 aliphatic rings. The lowest BCUT2D eigenvalue weighted by Gasteiger charge is -2.21. The Hall–Kier alpha value is -0.980. The van der Waals surface area contributed by atoms with Gasteiger partial charge < -0.3 is 0 Å². The predicted octanol–water partition coefficient (Wildman–Crippen LogP) is 1.68. The monoisotopic (exact) mass is 324 g/mol. The van der Waals surface area contributed by atoms with Gasteiger partial charge in [-0.2, -0.15) is 0 Å². The second kappa shape index (κ2) is 5.28. The number of nitrogens with zero attached hydrogens (tertiary/aromatic N) is 2. The lowest BCUT2D eigenvalue weighted by Crippen LogP contribution is -2.35. The molecule has 2 heterocycles. The molecule has 0 unspecified atom stereocenters. The molecule has 1 saturated carbocycles. The molecule has 6 heteroatoms. The van der Waals surface area contributed by atoms with E-state index in [4.69, 9.17) is 0 Å². The lowest BCUT2D eigenvalue weighted by atomic mass is 10.0. The number of fused-ring (bicyclic) bond motifs is 1. The summed E-state index contributed by atoms with van der Waals surface area (Å²) >= 11 is 0. The highest BCUT2D eigenvalue weighted by Gasteiger charge is 2.48. The fraction of sp³-hybridized carbons (Fsp3) is 0.625. The third-order valence-corrected chi connectivity index (χ3v) is 7.46. The quantitative estimate of drug-likeness (QED) is 0.846. The molecule has 1 aromatic rings. The van der Waals surface area contributed by atoms with Crippen LogP contribution in [-0.4, -0.2) is 49.1 Å². The molecule has 4 nitrogen and oxygen atoms in total. The van der Waals surface area contributed by atoms with Crippen LogP contribution < -0.4 is 0 Å². The van der Waals surface area contributed by atoms with E-state index in [1.165, 1.54) is 6.07 Å². The molecule has 0 amide bonds. The topological polar surface area (TPSA) is 40.6 Å². The minimum atomic E-state index is -3.02. The standard InChI is InChI=1S/C16H21FN2O2S/c17-15-3-1-2-12(6-15)7-18-8-13-10-19(11-14(13)9-18)22(20,21)16-4-5-16/h1-3,6,13-14,16H,4-5,7-11H2/t13-,14+. The van der Waals surface area contributed by atoms with E-state index in [1.807, 2.05) is 6.07 Å². The summed E-state index contributed by atoms with van der Waals surface area (Å²) in [4.78, 5) is 2.32. The van der Waals surface area contributed by atoms with Crippen molar-refractivity contribution >= 4 is 10.0 Å². The van der Waals surface area contributed by atoms with Crippen LogP contribution in [-0.2, 0) is 16.6 Å². The number of hydrogen-bond donors (Lipinski definition) is 0. The van der Waals surface area contributed by atoms with Gasteiger partial charge in [0, 0.05) is 32.7 Å². The van der Waals surface area contributed by atoms with E-state index >= 15 is 0 Å². The molecule has 0 spiro atoms. The van der Waals surface area contributed by atoms with Crippen molar-refractivity contribution in [2.75, 3.05) is 26.2 Å². The summed E-state index contributed by atoms with van der Waals surface area (Å²) in [6, 6.07) is 6.73. The Morgan fingerprint density at radius 2 is 1.77 bits per heavy atom. The van der Waals surface area contributed by atoms with Gasteiger partial charge in [-0.15, -0.1) is 0 Å². The maximum absolute atomic E-state index is 13.2. The lowest BCUT2D eigenvalue weighted by molar-refractivity contribution is 0.289. The van der Waals surface area contributed by atoms with Gasteiger partial charge in [-0.1, -0.05) is 12.1 Å². The summed E-state index contributed by atoms with van der Waals surface area (Å²) in [5, 5.41) is -0.102. The molecule has 2 aliphatic heterocycles. The van der Waals surface area contributed by atoms with Crippen molar-refractivity contribution in [2.45, 2.75) is 24.6 Å². The minimum absolute atomic E-state index is 0.102. The molecule has 1 aromatic carbocycles. The molecule has 0 N–H and O–H groups in total. The number of sulfonamides is 1. The van der Waals surface area contributed by atoms with Crippen molar-refractivity contribution in [3.63, 3.8) is 0 Å². The van der Waals surface area contributed by atoms with Gasteiger partial charge in [-0.25, -0.2) is 17.1 Å². The second-order valence-electron chi connectivity index (χ2n) is 6.91. The summed E-state index contributed by atoms with van der Waals surface area (Å²) in [6.45, 7) is 3.92. The third kappa shape index (κ3) is 2.68. The Labute approximate surface area is 131 Å². The van der Waals surface area contributed by atoms with Crippen molar-refractivity contribution in [2.24, 2.45) is 11.8 Å². The molecule has 4 rings (SSSR count). The zero-order valence-corrected chi connectivity index (χ0v) is 13.3. The van der Waals surface area contributed by atoms with E-state index in [9.17, 15) is 12.8 Å². The van der Waals surface area contributed by atoms with Crippen LogP contribution in [0.4, 0.5) is 4.39 Å². The van der Waals surface area contributed by atoms with Gasteiger partial charge in [0.25, 0.3) is 0 Å². The number of benzene rings is 1. The maximum atomic E-state index is 13.2. The third-order valence-electron chi connectivity index (χ3n) is 5.13. The summed E-state index contributed by atoms with van der Waals surface area (Å²) in [6.07, 6.45) is 1.67. The van der Waals surface area contributed by atoms with E-state index in [1.54, 1.807) is 16.4 Å². The average Bonchev–Trinajstić information content (AvgIpc) is 3.14. The first-order valence-corrected chi connectivity index (χ1v) is 9.48. The Balaban J connectivity index is 1.37. The maximum Gasteiger partial charge on any atom is 0.217 e. The van der Waals surface area contributed by atoms with E-state index in [0.717, 1.165) is 38.0 Å². The molecular formula is C16H21FN2O2S. The second-order valence-corrected chi connectivity index (χ2v) is 9.12. The Kier molecular flexibility index (Phi) is 3.51. The van der Waals surface area contributed by atoms with Crippen molar-refractivity contribution in [3.05, 3.63) is 35.6 Å². The first kappa shape index (κ1) is 14.6. The molecule has 0 bridgehead atoms. The van der Waals surface area contributed by atoms with Gasteiger partial charge in [0.05, 0.1) is 5.25 Å². The summed E-state index contributed by atoms with van der Waals surface area (Å²) < 4.78 is 39.6. The summed E-state index contributed by atoms with van der Waals surface area (Å²) in [5.74, 6) is 0.669. The van der Waals surface area contributed by atoms with Crippen molar-refractivity contribution in [1.29, 1.82) is 0 Å². The largest absolute Gasteiger partial charge is 0.298 e. The van der Waals surface area contributed by atoms with Gasteiger partial charge in [-0.05, 0) is 42.4 Å². The Morgan fingerprint density at radius 1 is 1.09 bits per heavy atom. The Morgan fingerprint density at radius 3 is 2.36 bits per heavy atom. The number of hydrogen-bond acceptors (Lipinski definition) is 3. The van der Waals surface area contributed by atoms with Crippen LogP contribution >= 0.6 is 0 Å². The molecule has 0 aromatic heterocycles. The molecular weight excluding hydrogens is 303 g/mol. The number of likely N-dealkylation sites (tertiary alicyclic amines) is 1. The fourth-order valence-corrected chi connectivity index (χ4v) is 5.81. The van der Waals surface area contributed by atoms with Crippen LogP contribution in [0.1, 0.15) is 18.4 Å². The van der Waals surface area contributed by atoms with E-state index in [2.05, 4.69) is 4.90 Å². The Bertz CT molecular complexity index is 660. The number of rotatable bonds is 4. The predicted molar refractivity (Wildman–Crippen MR) is 82.2 cm³/mol. The van der Waals surface area contributed by atoms with E-state index in [-0.39, 0.29) is 11.1 Å². The van der Waals surface area contributed by atoms with Crippen molar-refractivity contribution in [1.82, 2.24) is 9.21 Å². The van der Waals surface area contributed by atoms with Crippen molar-refractivity contribution < 1.29 is 12.8 Å². The highest BCUT2D eigenvalue weighted by atomic mass is 32.2. The molecule has 2 atom stereocenters. The van der Waals surface area contributed by atoms with Gasteiger partial charge >= 0.3 is 0 Å². The van der Waals surface area contributed by atoms with Crippen LogP contribution in [0.15, 0.2) is 24.3 Å². The molecule has 1 aliphatic carbocycles. The molecule has 0 radical (unpaired) electrons. The number of halogens is 1. The molecule has 22 heavy (non-hydrogen) atoms. The van der Waals surface area contributed by atoms with Crippen LogP contribution in [0.5, 0.6) is 0 Å². The SMILES string of the molecule is O=S(=O)(C1CC1)N1C[C@H]2CN(Cc3cccc(F)c3)C[C@H]2C1. The first-order chi connectivity index (χ1) is 10.5. The summed E-state index contributed by atoms with van der Waals surface area (Å²) in [5.41, 5.74) is 0.988.